The number of primary amides is 1. The van der Waals surface area contributed by atoms with Gasteiger partial charge in [-0.1, -0.05) is 36.4 Å². The van der Waals surface area contributed by atoms with Crippen LogP contribution >= 0.6 is 0 Å². The Morgan fingerprint density at radius 2 is 1.81 bits per heavy atom. The summed E-state index contributed by atoms with van der Waals surface area (Å²) in [6, 6.07) is 18.6. The molecule has 5 heteroatoms. The molecule has 0 aliphatic heterocycles. The first-order chi connectivity index (χ1) is 13.1. The molecule has 4 rings (SSSR count). The number of pyridine rings is 1. The Morgan fingerprint density at radius 3 is 2.44 bits per heavy atom. The van der Waals surface area contributed by atoms with Crippen LogP contribution in [0, 0.1) is 0 Å². The van der Waals surface area contributed by atoms with Crippen LogP contribution < -0.4 is 11.5 Å². The quantitative estimate of drug-likeness (QED) is 0.725. The van der Waals surface area contributed by atoms with Crippen LogP contribution in [-0.4, -0.2) is 16.9 Å². The van der Waals surface area contributed by atoms with E-state index in [-0.39, 0.29) is 12.0 Å². The lowest BCUT2D eigenvalue weighted by molar-refractivity contribution is 0.100. The van der Waals surface area contributed by atoms with Gasteiger partial charge in [-0.3, -0.25) is 4.79 Å². The Morgan fingerprint density at radius 1 is 1.07 bits per heavy atom. The van der Waals surface area contributed by atoms with E-state index >= 15 is 0 Å². The van der Waals surface area contributed by atoms with Crippen molar-refractivity contribution in [2.24, 2.45) is 11.5 Å². The molecule has 136 valence electrons. The number of nitrogens with zero attached hydrogens (tertiary/aromatic N) is 1. The molecule has 27 heavy (non-hydrogen) atoms. The van der Waals surface area contributed by atoms with E-state index in [1.807, 2.05) is 36.4 Å². The molecule has 1 amide bonds. The minimum Gasteiger partial charge on any atom is -0.366 e. The van der Waals surface area contributed by atoms with Crippen LogP contribution in [0.15, 0.2) is 60.7 Å². The Balaban J connectivity index is 1.80. The van der Waals surface area contributed by atoms with Crippen molar-refractivity contribution in [3.63, 3.8) is 0 Å². The predicted octanol–water partition coefficient (Wildman–Crippen LogP) is 3.80. The Hall–Kier alpha value is -3.05. The number of halogens is 1. The molecule has 1 saturated carbocycles. The molecule has 0 spiro atoms. The summed E-state index contributed by atoms with van der Waals surface area (Å²) < 4.78 is 13.0. The molecule has 4 nitrogen and oxygen atoms in total. The van der Waals surface area contributed by atoms with E-state index in [1.54, 1.807) is 18.2 Å². The first-order valence-corrected chi connectivity index (χ1v) is 8.89. The van der Waals surface area contributed by atoms with E-state index in [0.717, 1.165) is 34.5 Å². The van der Waals surface area contributed by atoms with Crippen molar-refractivity contribution in [3.05, 3.63) is 77.4 Å². The van der Waals surface area contributed by atoms with Crippen molar-refractivity contribution in [3.8, 4) is 22.5 Å². The Bertz CT molecular complexity index is 1000. The monoisotopic (exact) mass is 361 g/mol. The minimum absolute atomic E-state index is 0.149. The zero-order chi connectivity index (χ0) is 19.0. The molecule has 1 heterocycles. The van der Waals surface area contributed by atoms with Gasteiger partial charge in [0.1, 0.15) is 6.67 Å². The molecule has 2 atom stereocenters. The van der Waals surface area contributed by atoms with E-state index in [1.165, 1.54) is 0 Å². The zero-order valence-electron chi connectivity index (χ0n) is 14.7. The SMILES string of the molecule is NC(=O)c1ccc(-c2nc(-c3cccc(CF)c3)ccc2[C@@H]2C[C@H]2N)cc1. The summed E-state index contributed by atoms with van der Waals surface area (Å²) in [4.78, 5) is 16.2. The van der Waals surface area contributed by atoms with Gasteiger partial charge in [-0.15, -0.1) is 0 Å². The largest absolute Gasteiger partial charge is 0.366 e. The number of rotatable bonds is 5. The van der Waals surface area contributed by atoms with E-state index in [2.05, 4.69) is 6.07 Å². The summed E-state index contributed by atoms with van der Waals surface area (Å²) in [6.45, 7) is -0.510. The highest BCUT2D eigenvalue weighted by Crippen LogP contribution is 2.43. The van der Waals surface area contributed by atoms with Crippen LogP contribution in [0.1, 0.15) is 33.8 Å². The third kappa shape index (κ3) is 3.46. The number of amides is 1. The summed E-state index contributed by atoms with van der Waals surface area (Å²) in [5.41, 5.74) is 17.0. The average Bonchev–Trinajstić information content (AvgIpc) is 3.44. The maximum atomic E-state index is 13.0. The highest BCUT2D eigenvalue weighted by molar-refractivity contribution is 5.93. The third-order valence-corrected chi connectivity index (χ3v) is 4.99. The molecular weight excluding hydrogens is 341 g/mol. The first-order valence-electron chi connectivity index (χ1n) is 8.89. The van der Waals surface area contributed by atoms with Crippen LogP contribution in [0.4, 0.5) is 4.39 Å². The molecule has 1 aliphatic rings. The molecule has 1 aromatic heterocycles. The van der Waals surface area contributed by atoms with Crippen molar-refractivity contribution >= 4 is 5.91 Å². The van der Waals surface area contributed by atoms with E-state index < -0.39 is 12.6 Å². The lowest BCUT2D eigenvalue weighted by atomic mass is 9.99. The summed E-state index contributed by atoms with van der Waals surface area (Å²) in [6.07, 6.45) is 0.935. The summed E-state index contributed by atoms with van der Waals surface area (Å²) in [5.74, 6) is -0.176. The van der Waals surface area contributed by atoms with Crippen molar-refractivity contribution in [1.82, 2.24) is 4.98 Å². The van der Waals surface area contributed by atoms with Gasteiger partial charge in [-0.2, -0.15) is 0 Å². The van der Waals surface area contributed by atoms with Gasteiger partial charge in [0.25, 0.3) is 0 Å². The van der Waals surface area contributed by atoms with Crippen LogP contribution in [0.5, 0.6) is 0 Å². The number of carbonyl (C=O) groups is 1. The molecule has 1 aliphatic carbocycles. The minimum atomic E-state index is -0.510. The van der Waals surface area contributed by atoms with Gasteiger partial charge >= 0.3 is 0 Å². The Kier molecular flexibility index (Phi) is 4.46. The van der Waals surface area contributed by atoms with Gasteiger partial charge in [0.15, 0.2) is 0 Å². The molecule has 1 fully saturated rings. The lowest BCUT2D eigenvalue weighted by Gasteiger charge is -2.12. The van der Waals surface area contributed by atoms with Gasteiger partial charge in [0, 0.05) is 28.7 Å². The number of hydrogen-bond donors (Lipinski definition) is 2. The standard InChI is InChI=1S/C22H20FN3O/c23-12-13-2-1-3-16(10-13)20-9-8-17(18-11-19(18)24)21(26-20)14-4-6-15(7-5-14)22(25)27/h1-10,18-19H,11-12,24H2,(H2,25,27)/t18-,19+/m0/s1. The number of hydrogen-bond acceptors (Lipinski definition) is 3. The third-order valence-electron chi connectivity index (χ3n) is 4.99. The predicted molar refractivity (Wildman–Crippen MR) is 104 cm³/mol. The molecule has 3 aromatic rings. The topological polar surface area (TPSA) is 82.0 Å². The molecule has 0 radical (unpaired) electrons. The van der Waals surface area contributed by atoms with Crippen LogP contribution in [0.25, 0.3) is 22.5 Å². The zero-order valence-corrected chi connectivity index (χ0v) is 14.7. The van der Waals surface area contributed by atoms with Crippen LogP contribution in [0.2, 0.25) is 0 Å². The summed E-state index contributed by atoms with van der Waals surface area (Å²) >= 11 is 0. The molecule has 0 unspecified atom stereocenters. The van der Waals surface area contributed by atoms with Crippen molar-refractivity contribution < 1.29 is 9.18 Å². The van der Waals surface area contributed by atoms with Gasteiger partial charge in [-0.05, 0) is 41.8 Å². The fourth-order valence-electron chi connectivity index (χ4n) is 3.34. The van der Waals surface area contributed by atoms with E-state index in [4.69, 9.17) is 16.5 Å². The maximum Gasteiger partial charge on any atom is 0.248 e. The molecule has 2 aromatic carbocycles. The summed E-state index contributed by atoms with van der Waals surface area (Å²) in [5, 5.41) is 0. The smallest absolute Gasteiger partial charge is 0.248 e. The maximum absolute atomic E-state index is 13.0. The van der Waals surface area contributed by atoms with Crippen molar-refractivity contribution in [2.45, 2.75) is 25.1 Å². The van der Waals surface area contributed by atoms with E-state index in [9.17, 15) is 9.18 Å². The van der Waals surface area contributed by atoms with Crippen LogP contribution in [0.3, 0.4) is 0 Å². The number of alkyl halides is 1. The average molecular weight is 361 g/mol. The lowest BCUT2D eigenvalue weighted by Crippen LogP contribution is -2.10. The highest BCUT2D eigenvalue weighted by atomic mass is 19.1. The molecule has 0 saturated heterocycles. The highest BCUT2D eigenvalue weighted by Gasteiger charge is 2.37. The van der Waals surface area contributed by atoms with Gasteiger partial charge in [-0.25, -0.2) is 9.37 Å². The van der Waals surface area contributed by atoms with Crippen LogP contribution in [-0.2, 0) is 6.67 Å². The Labute approximate surface area is 157 Å². The van der Waals surface area contributed by atoms with Crippen molar-refractivity contribution in [2.75, 3.05) is 0 Å². The number of nitrogens with two attached hydrogens (primary N) is 2. The fourth-order valence-corrected chi connectivity index (χ4v) is 3.34. The first kappa shape index (κ1) is 17.4. The second kappa shape index (κ2) is 6.93. The summed E-state index contributed by atoms with van der Waals surface area (Å²) in [7, 11) is 0. The van der Waals surface area contributed by atoms with Gasteiger partial charge in [0.05, 0.1) is 11.4 Å². The fraction of sp³-hybridized carbons (Fsp3) is 0.182. The molecular formula is C22H20FN3O. The second-order valence-corrected chi connectivity index (χ2v) is 6.92. The van der Waals surface area contributed by atoms with Gasteiger partial charge < -0.3 is 11.5 Å². The second-order valence-electron chi connectivity index (χ2n) is 6.92. The molecule has 4 N–H and O–H groups in total. The number of aromatic nitrogens is 1. The van der Waals surface area contributed by atoms with E-state index in [0.29, 0.717) is 11.1 Å². The normalized spacial score (nSPS) is 18.3. The van der Waals surface area contributed by atoms with Crippen molar-refractivity contribution in [1.29, 1.82) is 0 Å². The number of carbonyl (C=O) groups excluding carboxylic acids is 1. The molecule has 0 bridgehead atoms. The number of benzene rings is 2. The van der Waals surface area contributed by atoms with Gasteiger partial charge in [0.2, 0.25) is 5.91 Å².